The van der Waals surface area contributed by atoms with Crippen molar-refractivity contribution in [1.29, 1.82) is 0 Å². The summed E-state index contributed by atoms with van der Waals surface area (Å²) in [6.07, 6.45) is 0.555. The van der Waals surface area contributed by atoms with Crippen LogP contribution < -0.4 is 10.5 Å². The maximum atomic E-state index is 12.1. The Morgan fingerprint density at radius 1 is 1.26 bits per heavy atom. The van der Waals surface area contributed by atoms with Gasteiger partial charge in [-0.1, -0.05) is 23.7 Å². The number of rotatable bonds is 3. The van der Waals surface area contributed by atoms with Gasteiger partial charge in [0.2, 0.25) is 5.95 Å². The zero-order valence-corrected chi connectivity index (χ0v) is 12.0. The normalized spacial score (nSPS) is 10.5. The molecule has 0 saturated carbocycles. The number of H-pyrrole nitrogens is 1. The van der Waals surface area contributed by atoms with Gasteiger partial charge < -0.3 is 4.90 Å². The van der Waals surface area contributed by atoms with E-state index in [4.69, 9.17) is 11.6 Å². The standard InChI is InChI=1S/C14H16ClN3O/c1-9-12(8-10-4-6-11(15)7-5-10)13(19)17-14(16-9)18(2)3/h4-7H,8H2,1-3H3,(H,16,17,19). The van der Waals surface area contributed by atoms with Crippen LogP contribution in [0, 0.1) is 6.92 Å². The van der Waals surface area contributed by atoms with E-state index in [1.807, 2.05) is 45.3 Å². The third kappa shape index (κ3) is 3.15. The summed E-state index contributed by atoms with van der Waals surface area (Å²) < 4.78 is 0. The molecular formula is C14H16ClN3O. The number of halogens is 1. The second kappa shape index (κ2) is 5.45. The van der Waals surface area contributed by atoms with E-state index >= 15 is 0 Å². The Labute approximate surface area is 117 Å². The van der Waals surface area contributed by atoms with Crippen molar-refractivity contribution in [2.75, 3.05) is 19.0 Å². The maximum absolute atomic E-state index is 12.1. The first-order valence-corrected chi connectivity index (χ1v) is 6.36. The highest BCUT2D eigenvalue weighted by Gasteiger charge is 2.09. The summed E-state index contributed by atoms with van der Waals surface area (Å²) in [5.41, 5.74) is 2.39. The fourth-order valence-electron chi connectivity index (χ4n) is 1.82. The zero-order valence-electron chi connectivity index (χ0n) is 11.2. The molecule has 0 aliphatic carbocycles. The van der Waals surface area contributed by atoms with Crippen molar-refractivity contribution in [2.24, 2.45) is 0 Å². The van der Waals surface area contributed by atoms with Crippen LogP contribution in [-0.2, 0) is 6.42 Å². The van der Waals surface area contributed by atoms with Crippen molar-refractivity contribution in [3.8, 4) is 0 Å². The summed E-state index contributed by atoms with van der Waals surface area (Å²) in [6, 6.07) is 7.48. The van der Waals surface area contributed by atoms with Gasteiger partial charge in [0.25, 0.3) is 5.56 Å². The van der Waals surface area contributed by atoms with Crippen LogP contribution in [0.5, 0.6) is 0 Å². The molecule has 1 N–H and O–H groups in total. The lowest BCUT2D eigenvalue weighted by Crippen LogP contribution is -2.23. The lowest BCUT2D eigenvalue weighted by atomic mass is 10.1. The average molecular weight is 278 g/mol. The van der Waals surface area contributed by atoms with Crippen molar-refractivity contribution < 1.29 is 0 Å². The highest BCUT2D eigenvalue weighted by atomic mass is 35.5. The SMILES string of the molecule is Cc1nc(N(C)C)[nH]c(=O)c1Cc1ccc(Cl)cc1. The van der Waals surface area contributed by atoms with Crippen molar-refractivity contribution in [1.82, 2.24) is 9.97 Å². The number of hydrogen-bond acceptors (Lipinski definition) is 3. The molecule has 19 heavy (non-hydrogen) atoms. The van der Waals surface area contributed by atoms with Gasteiger partial charge in [-0.25, -0.2) is 4.98 Å². The number of aromatic amines is 1. The second-order valence-corrected chi connectivity index (χ2v) is 5.09. The third-order valence-electron chi connectivity index (χ3n) is 2.93. The van der Waals surface area contributed by atoms with Crippen LogP contribution in [0.1, 0.15) is 16.8 Å². The largest absolute Gasteiger partial charge is 0.348 e. The first-order valence-electron chi connectivity index (χ1n) is 5.99. The van der Waals surface area contributed by atoms with Crippen LogP contribution in [0.4, 0.5) is 5.95 Å². The summed E-state index contributed by atoms with van der Waals surface area (Å²) in [5.74, 6) is 0.572. The van der Waals surface area contributed by atoms with Gasteiger partial charge in [-0.15, -0.1) is 0 Å². The van der Waals surface area contributed by atoms with E-state index in [1.54, 1.807) is 4.90 Å². The topological polar surface area (TPSA) is 49.0 Å². The van der Waals surface area contributed by atoms with E-state index in [9.17, 15) is 4.79 Å². The summed E-state index contributed by atoms with van der Waals surface area (Å²) in [5, 5.41) is 0.690. The number of benzene rings is 1. The lowest BCUT2D eigenvalue weighted by Gasteiger charge is -2.13. The van der Waals surface area contributed by atoms with E-state index in [1.165, 1.54) is 0 Å². The fourth-order valence-corrected chi connectivity index (χ4v) is 1.95. The van der Waals surface area contributed by atoms with Crippen LogP contribution in [0.15, 0.2) is 29.1 Å². The Morgan fingerprint density at radius 3 is 2.42 bits per heavy atom. The minimum absolute atomic E-state index is 0.0915. The van der Waals surface area contributed by atoms with Crippen molar-refractivity contribution >= 4 is 17.5 Å². The number of anilines is 1. The minimum Gasteiger partial charge on any atom is -0.348 e. The highest BCUT2D eigenvalue weighted by Crippen LogP contribution is 2.14. The second-order valence-electron chi connectivity index (χ2n) is 4.65. The fraction of sp³-hybridized carbons (Fsp3) is 0.286. The molecule has 0 atom stereocenters. The Morgan fingerprint density at radius 2 is 1.89 bits per heavy atom. The van der Waals surface area contributed by atoms with Crippen LogP contribution in [0.25, 0.3) is 0 Å². The first-order chi connectivity index (χ1) is 8.97. The molecule has 0 aliphatic rings. The quantitative estimate of drug-likeness (QED) is 0.937. The number of aryl methyl sites for hydroxylation is 1. The van der Waals surface area contributed by atoms with Crippen LogP contribution >= 0.6 is 11.6 Å². The molecule has 1 aromatic heterocycles. The predicted molar refractivity (Wildman–Crippen MR) is 78.2 cm³/mol. The summed E-state index contributed by atoms with van der Waals surface area (Å²) >= 11 is 5.85. The average Bonchev–Trinajstić information content (AvgIpc) is 2.35. The monoisotopic (exact) mass is 277 g/mol. The van der Waals surface area contributed by atoms with E-state index in [0.717, 1.165) is 11.3 Å². The first kappa shape index (κ1) is 13.6. The van der Waals surface area contributed by atoms with E-state index in [0.29, 0.717) is 23.0 Å². The van der Waals surface area contributed by atoms with Crippen molar-refractivity contribution in [3.63, 3.8) is 0 Å². The van der Waals surface area contributed by atoms with Gasteiger partial charge in [-0.05, 0) is 24.6 Å². The van der Waals surface area contributed by atoms with Gasteiger partial charge in [-0.3, -0.25) is 9.78 Å². The van der Waals surface area contributed by atoms with Crippen LogP contribution in [-0.4, -0.2) is 24.1 Å². The van der Waals surface area contributed by atoms with Gasteiger partial charge in [0, 0.05) is 31.1 Å². The van der Waals surface area contributed by atoms with Gasteiger partial charge in [-0.2, -0.15) is 0 Å². The molecule has 5 heteroatoms. The van der Waals surface area contributed by atoms with E-state index in [2.05, 4.69) is 9.97 Å². The molecule has 2 rings (SSSR count). The molecule has 0 fully saturated rings. The molecule has 1 heterocycles. The number of nitrogens with one attached hydrogen (secondary N) is 1. The number of nitrogens with zero attached hydrogens (tertiary/aromatic N) is 2. The third-order valence-corrected chi connectivity index (χ3v) is 3.18. The zero-order chi connectivity index (χ0) is 14.0. The molecule has 4 nitrogen and oxygen atoms in total. The molecule has 100 valence electrons. The molecule has 0 amide bonds. The molecule has 2 aromatic rings. The number of aromatic nitrogens is 2. The van der Waals surface area contributed by atoms with Crippen LogP contribution in [0.3, 0.4) is 0 Å². The Kier molecular flexibility index (Phi) is 3.90. The molecule has 0 bridgehead atoms. The molecule has 0 spiro atoms. The van der Waals surface area contributed by atoms with Crippen molar-refractivity contribution in [3.05, 3.63) is 56.5 Å². The molecule has 0 saturated heterocycles. The van der Waals surface area contributed by atoms with Gasteiger partial charge in [0.05, 0.1) is 5.69 Å². The van der Waals surface area contributed by atoms with Gasteiger partial charge in [0.15, 0.2) is 0 Å². The Bertz CT molecular complexity index is 632. The molecule has 0 aliphatic heterocycles. The van der Waals surface area contributed by atoms with Crippen LogP contribution in [0.2, 0.25) is 5.02 Å². The summed E-state index contributed by atoms with van der Waals surface area (Å²) in [7, 11) is 3.69. The maximum Gasteiger partial charge on any atom is 0.256 e. The smallest absolute Gasteiger partial charge is 0.256 e. The van der Waals surface area contributed by atoms with Gasteiger partial charge in [0.1, 0.15) is 0 Å². The molecule has 0 radical (unpaired) electrons. The lowest BCUT2D eigenvalue weighted by molar-refractivity contribution is 0.923. The molecule has 0 unspecified atom stereocenters. The highest BCUT2D eigenvalue weighted by molar-refractivity contribution is 6.30. The van der Waals surface area contributed by atoms with Crippen molar-refractivity contribution in [2.45, 2.75) is 13.3 Å². The summed E-state index contributed by atoms with van der Waals surface area (Å²) in [4.78, 5) is 21.0. The molecule has 1 aromatic carbocycles. The predicted octanol–water partition coefficient (Wildman–Crippen LogP) is 2.39. The van der Waals surface area contributed by atoms with Gasteiger partial charge >= 0.3 is 0 Å². The Balaban J connectivity index is 2.35. The van der Waals surface area contributed by atoms with E-state index in [-0.39, 0.29) is 5.56 Å². The van der Waals surface area contributed by atoms with E-state index < -0.39 is 0 Å². The summed E-state index contributed by atoms with van der Waals surface area (Å²) in [6.45, 7) is 1.85. The minimum atomic E-state index is -0.0915. The molecular weight excluding hydrogens is 262 g/mol. The Hall–Kier alpha value is -1.81. The number of hydrogen-bond donors (Lipinski definition) is 1.